The summed E-state index contributed by atoms with van der Waals surface area (Å²) in [6.45, 7) is 6.59. The second-order valence-electron chi connectivity index (χ2n) is 8.03. The molecule has 0 radical (unpaired) electrons. The van der Waals surface area contributed by atoms with E-state index in [2.05, 4.69) is 26.8 Å². The molecule has 33 heavy (non-hydrogen) atoms. The minimum atomic E-state index is -0.308. The first-order chi connectivity index (χ1) is 15.9. The van der Waals surface area contributed by atoms with E-state index in [0.29, 0.717) is 30.0 Å². The van der Waals surface area contributed by atoms with Gasteiger partial charge in [-0.3, -0.25) is 4.79 Å². The minimum Gasteiger partial charge on any atom is -0.457 e. The molecule has 1 amide bonds. The van der Waals surface area contributed by atoms with Crippen molar-refractivity contribution in [1.82, 2.24) is 25.4 Å². The Kier molecular flexibility index (Phi) is 6.20. The van der Waals surface area contributed by atoms with Gasteiger partial charge in [0.15, 0.2) is 5.82 Å². The summed E-state index contributed by atoms with van der Waals surface area (Å²) in [5, 5.41) is 19.8. The lowest BCUT2D eigenvalue weighted by molar-refractivity contribution is -0.119. The lowest BCUT2D eigenvalue weighted by Gasteiger charge is -2.22. The number of hydrogen-bond donors (Lipinski definition) is 2. The van der Waals surface area contributed by atoms with Crippen LogP contribution in [-0.4, -0.2) is 33.2 Å². The van der Waals surface area contributed by atoms with Crippen LogP contribution in [-0.2, 0) is 22.7 Å². The number of fused-ring (bicyclic) bond motifs is 1. The summed E-state index contributed by atoms with van der Waals surface area (Å²) >= 11 is 0. The van der Waals surface area contributed by atoms with Crippen LogP contribution in [0.3, 0.4) is 0 Å². The fraction of sp³-hybridized carbons (Fsp3) is 0.292. The van der Waals surface area contributed by atoms with Crippen LogP contribution in [0.1, 0.15) is 56.7 Å². The summed E-state index contributed by atoms with van der Waals surface area (Å²) in [6.07, 6.45) is 5.16. The van der Waals surface area contributed by atoms with Gasteiger partial charge in [-0.05, 0) is 42.7 Å². The molecule has 0 spiro atoms. The maximum absolute atomic E-state index is 11.8. The van der Waals surface area contributed by atoms with Gasteiger partial charge in [0.2, 0.25) is 5.91 Å². The molecule has 9 heteroatoms. The molecule has 168 valence electrons. The van der Waals surface area contributed by atoms with Crippen LogP contribution in [0, 0.1) is 25.2 Å². The van der Waals surface area contributed by atoms with Gasteiger partial charge in [0.05, 0.1) is 23.4 Å². The zero-order valence-electron chi connectivity index (χ0n) is 18.7. The van der Waals surface area contributed by atoms with Crippen molar-refractivity contribution in [2.45, 2.75) is 40.0 Å². The third-order valence-electron chi connectivity index (χ3n) is 5.73. The van der Waals surface area contributed by atoms with E-state index in [1.54, 1.807) is 23.1 Å². The van der Waals surface area contributed by atoms with E-state index in [1.165, 1.54) is 6.92 Å². The first-order valence-corrected chi connectivity index (χ1v) is 10.6. The number of aromatic nitrogens is 3. The number of benzene rings is 1. The van der Waals surface area contributed by atoms with Gasteiger partial charge in [0.1, 0.15) is 12.7 Å². The van der Waals surface area contributed by atoms with E-state index < -0.39 is 0 Å². The Balaban J connectivity index is 1.45. The van der Waals surface area contributed by atoms with Gasteiger partial charge >= 0.3 is 5.97 Å². The highest BCUT2D eigenvalue weighted by molar-refractivity contribution is 5.94. The van der Waals surface area contributed by atoms with E-state index >= 15 is 0 Å². The van der Waals surface area contributed by atoms with Gasteiger partial charge in [0.25, 0.3) is 0 Å². The summed E-state index contributed by atoms with van der Waals surface area (Å²) in [5.41, 5.74) is 5.69. The summed E-state index contributed by atoms with van der Waals surface area (Å²) < 4.78 is 6.81. The van der Waals surface area contributed by atoms with Crippen LogP contribution in [0.25, 0.3) is 5.82 Å². The Morgan fingerprint density at radius 3 is 2.88 bits per heavy atom. The largest absolute Gasteiger partial charge is 0.457 e. The van der Waals surface area contributed by atoms with Gasteiger partial charge in [-0.1, -0.05) is 6.07 Å². The predicted molar refractivity (Wildman–Crippen MR) is 119 cm³/mol. The number of esters is 1. The maximum atomic E-state index is 11.8. The topological polar surface area (TPSA) is 122 Å². The third-order valence-corrected chi connectivity index (χ3v) is 5.73. The normalized spacial score (nSPS) is 13.2. The molecular weight excluding hydrogens is 420 g/mol. The number of hydrogen-bond acceptors (Lipinski definition) is 7. The number of aryl methyl sites for hydroxylation is 1. The smallest absolute Gasteiger partial charge is 0.338 e. The standard InChI is InChI=1S/C24H24N6O3/c1-14-6-23(27-10-18(14)7-25)30-12-17(9-28-30)8-26-11-22(29-16(3)31)19-4-5-20-21(15(19)2)13-33-24(20)32/h4-6,9-10,12,22,26H,8,11,13H2,1-3H3,(H,29,31). The molecule has 1 aliphatic rings. The fourth-order valence-corrected chi connectivity index (χ4v) is 3.95. The predicted octanol–water partition coefficient (Wildman–Crippen LogP) is 2.39. The van der Waals surface area contributed by atoms with Crippen LogP contribution in [0.2, 0.25) is 0 Å². The van der Waals surface area contributed by atoms with Crippen molar-refractivity contribution >= 4 is 11.9 Å². The minimum absolute atomic E-state index is 0.135. The number of ether oxygens (including phenoxy) is 1. The van der Waals surface area contributed by atoms with E-state index in [1.807, 2.05) is 32.2 Å². The number of cyclic esters (lactones) is 1. The number of carbonyl (C=O) groups is 2. The number of carbonyl (C=O) groups excluding carboxylic acids is 2. The summed E-state index contributed by atoms with van der Waals surface area (Å²) in [5.74, 6) is 0.196. The number of nitriles is 1. The Morgan fingerprint density at radius 2 is 2.15 bits per heavy atom. The van der Waals surface area contributed by atoms with Crippen molar-refractivity contribution < 1.29 is 14.3 Å². The molecule has 3 heterocycles. The molecule has 2 N–H and O–H groups in total. The molecule has 1 atom stereocenters. The lowest BCUT2D eigenvalue weighted by Crippen LogP contribution is -2.34. The van der Waals surface area contributed by atoms with Crippen LogP contribution >= 0.6 is 0 Å². The molecule has 9 nitrogen and oxygen atoms in total. The molecule has 2 aromatic heterocycles. The van der Waals surface area contributed by atoms with Crippen molar-refractivity contribution in [3.8, 4) is 11.9 Å². The highest BCUT2D eigenvalue weighted by atomic mass is 16.5. The maximum Gasteiger partial charge on any atom is 0.338 e. The van der Waals surface area contributed by atoms with Crippen LogP contribution in [0.15, 0.2) is 36.8 Å². The number of amides is 1. The van der Waals surface area contributed by atoms with Crippen molar-refractivity contribution in [3.63, 3.8) is 0 Å². The van der Waals surface area contributed by atoms with Crippen molar-refractivity contribution in [2.75, 3.05) is 6.54 Å². The highest BCUT2D eigenvalue weighted by Crippen LogP contribution is 2.29. The average molecular weight is 444 g/mol. The molecule has 1 aliphatic heterocycles. The van der Waals surface area contributed by atoms with E-state index in [-0.39, 0.29) is 24.5 Å². The molecular formula is C24H24N6O3. The van der Waals surface area contributed by atoms with E-state index in [0.717, 1.165) is 27.8 Å². The Morgan fingerprint density at radius 1 is 1.33 bits per heavy atom. The van der Waals surface area contributed by atoms with Crippen LogP contribution in [0.5, 0.6) is 0 Å². The van der Waals surface area contributed by atoms with E-state index in [4.69, 9.17) is 10.00 Å². The Hall–Kier alpha value is -4.03. The second kappa shape index (κ2) is 9.22. The molecule has 0 aliphatic carbocycles. The zero-order chi connectivity index (χ0) is 23.5. The number of nitrogens with zero attached hydrogens (tertiary/aromatic N) is 4. The first kappa shape index (κ1) is 22.2. The SMILES string of the molecule is CC(=O)NC(CNCc1cnn(-c2cc(C)c(C#N)cn2)c1)c1ccc2c(c1C)COC2=O. The molecule has 0 saturated heterocycles. The van der Waals surface area contributed by atoms with Crippen molar-refractivity contribution in [1.29, 1.82) is 5.26 Å². The number of nitrogens with one attached hydrogen (secondary N) is 2. The van der Waals surface area contributed by atoms with Crippen LogP contribution < -0.4 is 10.6 Å². The van der Waals surface area contributed by atoms with Crippen molar-refractivity contribution in [2.24, 2.45) is 0 Å². The summed E-state index contributed by atoms with van der Waals surface area (Å²) in [6, 6.07) is 7.30. The van der Waals surface area contributed by atoms with Gasteiger partial charge in [-0.2, -0.15) is 10.4 Å². The highest BCUT2D eigenvalue weighted by Gasteiger charge is 2.26. The zero-order valence-corrected chi connectivity index (χ0v) is 18.7. The van der Waals surface area contributed by atoms with Gasteiger partial charge in [-0.25, -0.2) is 14.5 Å². The molecule has 0 fully saturated rings. The fourth-order valence-electron chi connectivity index (χ4n) is 3.95. The number of pyridine rings is 1. The molecule has 3 aromatic rings. The molecule has 4 rings (SSSR count). The lowest BCUT2D eigenvalue weighted by atomic mass is 9.94. The monoisotopic (exact) mass is 444 g/mol. The molecule has 0 bridgehead atoms. The average Bonchev–Trinajstić information content (AvgIpc) is 3.40. The summed E-state index contributed by atoms with van der Waals surface area (Å²) in [7, 11) is 0. The molecule has 0 saturated carbocycles. The first-order valence-electron chi connectivity index (χ1n) is 10.6. The summed E-state index contributed by atoms with van der Waals surface area (Å²) in [4.78, 5) is 28.0. The third kappa shape index (κ3) is 4.61. The molecule has 1 unspecified atom stereocenters. The van der Waals surface area contributed by atoms with Crippen LogP contribution in [0.4, 0.5) is 0 Å². The van der Waals surface area contributed by atoms with E-state index in [9.17, 15) is 9.59 Å². The van der Waals surface area contributed by atoms with Crippen molar-refractivity contribution in [3.05, 3.63) is 75.7 Å². The Bertz CT molecular complexity index is 1270. The van der Waals surface area contributed by atoms with Gasteiger partial charge < -0.3 is 15.4 Å². The quantitative estimate of drug-likeness (QED) is 0.537. The van der Waals surface area contributed by atoms with Gasteiger partial charge in [-0.15, -0.1) is 0 Å². The molecule has 1 aromatic carbocycles. The van der Waals surface area contributed by atoms with Gasteiger partial charge in [0, 0.05) is 43.5 Å². The Labute approximate surface area is 191 Å². The number of rotatable bonds is 7. The second-order valence-corrected chi connectivity index (χ2v) is 8.03.